The van der Waals surface area contributed by atoms with Crippen LogP contribution in [0, 0.1) is 12.8 Å². The number of fused-ring (bicyclic) bond motifs is 2. The number of nitrogens with zero attached hydrogens (tertiary/aromatic N) is 4. The number of pyridine rings is 2. The third-order valence-electron chi connectivity index (χ3n) is 6.97. The number of imidazole rings is 1. The molecule has 0 bridgehead atoms. The lowest BCUT2D eigenvalue weighted by atomic mass is 9.85. The van der Waals surface area contributed by atoms with Gasteiger partial charge in [0, 0.05) is 38.4 Å². The Morgan fingerprint density at radius 1 is 1.08 bits per heavy atom. The molecular weight excluding hydrogens is 482 g/mol. The van der Waals surface area contributed by atoms with Gasteiger partial charge in [-0.2, -0.15) is 5.10 Å². The Bertz CT molecular complexity index is 1790. The van der Waals surface area contributed by atoms with Crippen molar-refractivity contribution in [3.8, 4) is 33.2 Å². The summed E-state index contributed by atoms with van der Waals surface area (Å²) in [5, 5.41) is 11.5. The fraction of sp³-hybridized carbons (Fsp3) is 0.179. The maximum Gasteiger partial charge on any atom is 0.227 e. The Labute approximate surface area is 216 Å². The van der Waals surface area contributed by atoms with E-state index in [-0.39, 0.29) is 11.8 Å². The lowest BCUT2D eigenvalue weighted by molar-refractivity contribution is -0.122. The first-order valence-electron chi connectivity index (χ1n) is 12.3. The van der Waals surface area contributed by atoms with Crippen LogP contribution in [0.25, 0.3) is 55.2 Å². The largest absolute Gasteiger partial charge is 0.337 e. The molecule has 1 amide bonds. The number of carbonyl (C=O) groups is 1. The van der Waals surface area contributed by atoms with Crippen molar-refractivity contribution in [1.29, 1.82) is 0 Å². The summed E-state index contributed by atoms with van der Waals surface area (Å²) >= 11 is 1.76. The molecule has 7 rings (SSSR count). The van der Waals surface area contributed by atoms with Crippen LogP contribution < -0.4 is 5.32 Å². The summed E-state index contributed by atoms with van der Waals surface area (Å²) < 4.78 is 0. The molecule has 9 heteroatoms. The lowest BCUT2D eigenvalue weighted by Crippen LogP contribution is -2.28. The predicted molar refractivity (Wildman–Crippen MR) is 146 cm³/mol. The van der Waals surface area contributed by atoms with Crippen molar-refractivity contribution < 1.29 is 4.79 Å². The summed E-state index contributed by atoms with van der Waals surface area (Å²) in [4.78, 5) is 32.2. The SMILES string of the molecule is Cc1ccc(-c2cccc3[nH]c(-c4n[nH]c5cnc(-c6cncc(NC(=O)C7CCC7)c6)cc45)nc23)s1. The number of H-pyrrole nitrogens is 2. The first-order chi connectivity index (χ1) is 18.1. The number of carbonyl (C=O) groups excluding carboxylic acids is 1. The molecule has 0 spiro atoms. The number of amides is 1. The first kappa shape index (κ1) is 21.9. The van der Waals surface area contributed by atoms with Crippen molar-refractivity contribution in [1.82, 2.24) is 30.1 Å². The van der Waals surface area contributed by atoms with E-state index < -0.39 is 0 Å². The van der Waals surface area contributed by atoms with Crippen molar-refractivity contribution in [3.05, 3.63) is 65.9 Å². The van der Waals surface area contributed by atoms with E-state index in [4.69, 9.17) is 4.98 Å². The Balaban J connectivity index is 1.26. The van der Waals surface area contributed by atoms with E-state index in [9.17, 15) is 4.79 Å². The van der Waals surface area contributed by atoms with Gasteiger partial charge in [-0.05, 0) is 50.1 Å². The fourth-order valence-electron chi connectivity index (χ4n) is 4.74. The van der Waals surface area contributed by atoms with Gasteiger partial charge in [-0.25, -0.2) is 4.98 Å². The molecule has 0 atom stereocenters. The predicted octanol–water partition coefficient (Wildman–Crippen LogP) is 6.34. The second kappa shape index (κ2) is 8.63. The van der Waals surface area contributed by atoms with Crippen molar-refractivity contribution in [2.45, 2.75) is 26.2 Å². The van der Waals surface area contributed by atoms with E-state index in [1.807, 2.05) is 24.3 Å². The Kier molecular flexibility index (Phi) is 5.10. The minimum Gasteiger partial charge on any atom is -0.337 e. The summed E-state index contributed by atoms with van der Waals surface area (Å²) in [6, 6.07) is 14.3. The highest BCUT2D eigenvalue weighted by molar-refractivity contribution is 7.15. The zero-order chi connectivity index (χ0) is 24.9. The molecule has 182 valence electrons. The molecule has 0 unspecified atom stereocenters. The normalized spacial score (nSPS) is 13.8. The number of hydrogen-bond donors (Lipinski definition) is 3. The molecule has 5 heterocycles. The third kappa shape index (κ3) is 3.88. The minimum absolute atomic E-state index is 0.0627. The molecule has 0 radical (unpaired) electrons. The van der Waals surface area contributed by atoms with Crippen LogP contribution in [0.3, 0.4) is 0 Å². The van der Waals surface area contributed by atoms with E-state index in [2.05, 4.69) is 55.6 Å². The van der Waals surface area contributed by atoms with Crippen LogP contribution in [0.1, 0.15) is 24.1 Å². The number of aromatic amines is 2. The number of thiophene rings is 1. The number of aromatic nitrogens is 6. The zero-order valence-electron chi connectivity index (χ0n) is 20.1. The molecule has 1 saturated carbocycles. The molecule has 0 saturated heterocycles. The number of hydrogen-bond acceptors (Lipinski definition) is 6. The average Bonchev–Trinajstić information content (AvgIpc) is 3.60. The van der Waals surface area contributed by atoms with Gasteiger partial charge in [0.15, 0.2) is 5.82 Å². The molecule has 1 aliphatic carbocycles. The molecule has 1 aromatic carbocycles. The molecule has 6 aromatic rings. The molecule has 3 N–H and O–H groups in total. The second-order valence-electron chi connectivity index (χ2n) is 9.46. The van der Waals surface area contributed by atoms with Crippen LogP contribution in [0.2, 0.25) is 0 Å². The van der Waals surface area contributed by atoms with Crippen LogP contribution in [-0.2, 0) is 4.79 Å². The van der Waals surface area contributed by atoms with Gasteiger partial charge in [-0.15, -0.1) is 11.3 Å². The Hall–Kier alpha value is -4.37. The maximum absolute atomic E-state index is 12.4. The summed E-state index contributed by atoms with van der Waals surface area (Å²) in [7, 11) is 0. The molecular formula is C28H23N7OS. The van der Waals surface area contributed by atoms with Crippen molar-refractivity contribution in [2.75, 3.05) is 5.32 Å². The highest BCUT2D eigenvalue weighted by Crippen LogP contribution is 2.35. The molecule has 1 aliphatic rings. The van der Waals surface area contributed by atoms with Crippen LogP contribution in [-0.4, -0.2) is 36.0 Å². The van der Waals surface area contributed by atoms with E-state index >= 15 is 0 Å². The Morgan fingerprint density at radius 3 is 2.81 bits per heavy atom. The molecule has 8 nitrogen and oxygen atoms in total. The number of benzene rings is 1. The van der Waals surface area contributed by atoms with Crippen molar-refractivity contribution in [2.24, 2.45) is 5.92 Å². The van der Waals surface area contributed by atoms with Gasteiger partial charge in [-0.3, -0.25) is 19.9 Å². The second-order valence-corrected chi connectivity index (χ2v) is 10.8. The Morgan fingerprint density at radius 2 is 2.00 bits per heavy atom. The van der Waals surface area contributed by atoms with Gasteiger partial charge in [-0.1, -0.05) is 18.6 Å². The number of anilines is 1. The summed E-state index contributed by atoms with van der Waals surface area (Å²) in [6.07, 6.45) is 8.22. The van der Waals surface area contributed by atoms with E-state index in [0.717, 1.165) is 63.7 Å². The number of rotatable bonds is 5. The molecule has 1 fully saturated rings. The lowest BCUT2D eigenvalue weighted by Gasteiger charge is -2.24. The fourth-order valence-corrected chi connectivity index (χ4v) is 5.63. The van der Waals surface area contributed by atoms with E-state index in [0.29, 0.717) is 11.5 Å². The van der Waals surface area contributed by atoms with Gasteiger partial charge in [0.25, 0.3) is 0 Å². The van der Waals surface area contributed by atoms with Crippen LogP contribution in [0.5, 0.6) is 0 Å². The van der Waals surface area contributed by atoms with E-state index in [1.165, 1.54) is 9.75 Å². The number of para-hydroxylation sites is 1. The van der Waals surface area contributed by atoms with Crippen LogP contribution in [0.4, 0.5) is 5.69 Å². The molecule has 5 aromatic heterocycles. The number of aryl methyl sites for hydroxylation is 1. The minimum atomic E-state index is 0.0627. The summed E-state index contributed by atoms with van der Waals surface area (Å²) in [5.74, 6) is 0.867. The van der Waals surface area contributed by atoms with Gasteiger partial charge in [0.05, 0.1) is 40.3 Å². The van der Waals surface area contributed by atoms with Crippen molar-refractivity contribution in [3.63, 3.8) is 0 Å². The highest BCUT2D eigenvalue weighted by atomic mass is 32.1. The van der Waals surface area contributed by atoms with Gasteiger partial charge in [0.1, 0.15) is 5.69 Å². The quantitative estimate of drug-likeness (QED) is 0.253. The standard InChI is InChI=1S/C28H23N7OS/c1-15-8-9-24(37-15)19-6-3-7-21-25(19)33-27(32-21)26-20-11-22(30-14-23(20)34-35-26)17-10-18(13-29-12-17)31-28(36)16-4-2-5-16/h3,6-14,16H,2,4-5H2,1H3,(H,31,36)(H,32,33)(H,34,35). The van der Waals surface area contributed by atoms with Gasteiger partial charge < -0.3 is 10.3 Å². The van der Waals surface area contributed by atoms with Gasteiger partial charge >= 0.3 is 0 Å². The first-order valence-corrected chi connectivity index (χ1v) is 13.1. The number of nitrogens with one attached hydrogen (secondary N) is 3. The molecule has 37 heavy (non-hydrogen) atoms. The zero-order valence-corrected chi connectivity index (χ0v) is 20.9. The van der Waals surface area contributed by atoms with Crippen LogP contribution >= 0.6 is 11.3 Å². The molecule has 0 aliphatic heterocycles. The smallest absolute Gasteiger partial charge is 0.227 e. The van der Waals surface area contributed by atoms with Crippen molar-refractivity contribution >= 4 is 44.9 Å². The maximum atomic E-state index is 12.4. The van der Waals surface area contributed by atoms with E-state index in [1.54, 1.807) is 29.9 Å². The highest BCUT2D eigenvalue weighted by Gasteiger charge is 2.25. The topological polar surface area (TPSA) is 112 Å². The summed E-state index contributed by atoms with van der Waals surface area (Å²) in [5.41, 5.74) is 6.77. The summed E-state index contributed by atoms with van der Waals surface area (Å²) in [6.45, 7) is 2.11. The average molecular weight is 506 g/mol. The third-order valence-corrected chi connectivity index (χ3v) is 8.00. The van der Waals surface area contributed by atoms with Crippen LogP contribution in [0.15, 0.2) is 61.1 Å². The monoisotopic (exact) mass is 505 g/mol. The van der Waals surface area contributed by atoms with Gasteiger partial charge in [0.2, 0.25) is 5.91 Å².